The number of rotatable bonds is 8. The Kier molecular flexibility index (Phi) is 7.93. The molecule has 0 amide bonds. The molecule has 1 aromatic carbocycles. The van der Waals surface area contributed by atoms with Crippen LogP contribution in [0.2, 0.25) is 0 Å². The van der Waals surface area contributed by atoms with Gasteiger partial charge in [-0.15, -0.1) is 0 Å². The molecule has 4 rings (SSSR count). The summed E-state index contributed by atoms with van der Waals surface area (Å²) < 4.78 is 25.1. The van der Waals surface area contributed by atoms with E-state index < -0.39 is 12.0 Å². The number of allylic oxidation sites excluding steroid dienone is 1. The van der Waals surface area contributed by atoms with Crippen LogP contribution >= 0.6 is 27.3 Å². The Labute approximate surface area is 226 Å². The number of benzene rings is 1. The first kappa shape index (κ1) is 26.7. The number of ether oxygens (including phenoxy) is 3. The Hall–Kier alpha value is -3.31. The van der Waals surface area contributed by atoms with Gasteiger partial charge in [0.15, 0.2) is 22.2 Å². The first-order chi connectivity index (χ1) is 17.7. The van der Waals surface area contributed by atoms with Gasteiger partial charge in [-0.3, -0.25) is 9.36 Å². The summed E-state index contributed by atoms with van der Waals surface area (Å²) in [5.74, 6) is 1.69. The van der Waals surface area contributed by atoms with Gasteiger partial charge in [0, 0.05) is 30.7 Å². The standard InChI is InChI=1S/C26H28BrN3O6S/c1-7-34-19-13-17(27)16(12-18(19)33-6)23-22(25(32)35-8-2)14(3)28-26-30(23)24(31)20(37-26)11-15-9-10-21(36-15)29(4)5/h9-13,23H,7-8H2,1-6H3/b20-11+/t23-/m1/s1. The molecule has 0 spiro atoms. The summed E-state index contributed by atoms with van der Waals surface area (Å²) in [6.45, 7) is 6.00. The summed E-state index contributed by atoms with van der Waals surface area (Å²) in [5, 5.41) is 0. The van der Waals surface area contributed by atoms with Gasteiger partial charge in [-0.2, -0.15) is 0 Å². The van der Waals surface area contributed by atoms with Crippen molar-refractivity contribution in [2.75, 3.05) is 39.3 Å². The molecule has 1 atom stereocenters. The second kappa shape index (κ2) is 11.0. The van der Waals surface area contributed by atoms with E-state index in [0.29, 0.717) is 54.8 Å². The van der Waals surface area contributed by atoms with E-state index in [1.54, 1.807) is 45.2 Å². The fourth-order valence-electron chi connectivity index (χ4n) is 4.06. The first-order valence-electron chi connectivity index (χ1n) is 11.7. The van der Waals surface area contributed by atoms with Gasteiger partial charge in [0.2, 0.25) is 0 Å². The molecule has 3 heterocycles. The van der Waals surface area contributed by atoms with Crippen molar-refractivity contribution in [3.8, 4) is 11.5 Å². The van der Waals surface area contributed by atoms with Crippen LogP contribution in [0.3, 0.4) is 0 Å². The highest BCUT2D eigenvalue weighted by Crippen LogP contribution is 2.41. The van der Waals surface area contributed by atoms with E-state index in [2.05, 4.69) is 20.9 Å². The number of nitrogens with zero attached hydrogens (tertiary/aromatic N) is 3. The highest BCUT2D eigenvalue weighted by Gasteiger charge is 2.35. The molecule has 2 aromatic heterocycles. The number of anilines is 1. The third-order valence-electron chi connectivity index (χ3n) is 5.72. The molecule has 0 unspecified atom stereocenters. The first-order valence-corrected chi connectivity index (χ1v) is 13.3. The number of carbonyl (C=O) groups excluding carboxylic acids is 1. The molecule has 0 fully saturated rings. The van der Waals surface area contributed by atoms with Gasteiger partial charge in [-0.1, -0.05) is 27.3 Å². The van der Waals surface area contributed by atoms with Crippen LogP contribution in [0.15, 0.2) is 54.2 Å². The highest BCUT2D eigenvalue weighted by molar-refractivity contribution is 9.10. The number of halogens is 1. The number of carbonyl (C=O) groups is 1. The highest BCUT2D eigenvalue weighted by atomic mass is 79.9. The predicted octanol–water partition coefficient (Wildman–Crippen LogP) is 3.63. The van der Waals surface area contributed by atoms with Crippen molar-refractivity contribution >= 4 is 45.2 Å². The van der Waals surface area contributed by atoms with Crippen LogP contribution in [0.4, 0.5) is 5.88 Å². The molecule has 0 bridgehead atoms. The number of aromatic nitrogens is 1. The van der Waals surface area contributed by atoms with Crippen LogP contribution in [0.25, 0.3) is 6.08 Å². The predicted molar refractivity (Wildman–Crippen MR) is 145 cm³/mol. The third kappa shape index (κ3) is 5.10. The van der Waals surface area contributed by atoms with E-state index in [1.165, 1.54) is 15.9 Å². The molecule has 0 aliphatic carbocycles. The molecule has 1 aliphatic heterocycles. The smallest absolute Gasteiger partial charge is 0.338 e. The summed E-state index contributed by atoms with van der Waals surface area (Å²) in [6.07, 6.45) is 1.69. The Morgan fingerprint density at radius 1 is 1.24 bits per heavy atom. The van der Waals surface area contributed by atoms with Crippen LogP contribution in [-0.4, -0.2) is 45.0 Å². The van der Waals surface area contributed by atoms with Gasteiger partial charge in [0.05, 0.1) is 42.2 Å². The van der Waals surface area contributed by atoms with Crippen molar-refractivity contribution in [2.45, 2.75) is 26.8 Å². The molecule has 0 N–H and O–H groups in total. The van der Waals surface area contributed by atoms with Crippen LogP contribution < -0.4 is 29.3 Å². The van der Waals surface area contributed by atoms with E-state index >= 15 is 0 Å². The molecule has 0 radical (unpaired) electrons. The van der Waals surface area contributed by atoms with Crippen LogP contribution in [-0.2, 0) is 9.53 Å². The van der Waals surface area contributed by atoms with Gasteiger partial charge in [-0.25, -0.2) is 9.79 Å². The monoisotopic (exact) mass is 589 g/mol. The maximum absolute atomic E-state index is 13.8. The summed E-state index contributed by atoms with van der Waals surface area (Å²) in [6, 6.07) is 6.37. The fraction of sp³-hybridized carbons (Fsp3) is 0.346. The van der Waals surface area contributed by atoms with Gasteiger partial charge >= 0.3 is 5.97 Å². The van der Waals surface area contributed by atoms with Crippen molar-refractivity contribution in [1.82, 2.24) is 4.57 Å². The maximum Gasteiger partial charge on any atom is 0.338 e. The molecule has 1 aliphatic rings. The van der Waals surface area contributed by atoms with E-state index in [9.17, 15) is 9.59 Å². The van der Waals surface area contributed by atoms with Crippen LogP contribution in [0.1, 0.15) is 38.1 Å². The largest absolute Gasteiger partial charge is 0.493 e. The average molecular weight is 590 g/mol. The van der Waals surface area contributed by atoms with Crippen molar-refractivity contribution in [1.29, 1.82) is 0 Å². The van der Waals surface area contributed by atoms with Crippen molar-refractivity contribution in [3.05, 3.63) is 71.0 Å². The second-order valence-electron chi connectivity index (χ2n) is 8.33. The zero-order valence-corrected chi connectivity index (χ0v) is 23.9. The summed E-state index contributed by atoms with van der Waals surface area (Å²) in [7, 11) is 5.29. The van der Waals surface area contributed by atoms with E-state index in [1.807, 2.05) is 32.0 Å². The number of hydrogen-bond acceptors (Lipinski definition) is 9. The summed E-state index contributed by atoms with van der Waals surface area (Å²) in [5.41, 5.74) is 1.09. The lowest BCUT2D eigenvalue weighted by Gasteiger charge is -2.26. The van der Waals surface area contributed by atoms with Gasteiger partial charge in [0.1, 0.15) is 5.76 Å². The normalized spacial score (nSPS) is 15.3. The molecule has 196 valence electrons. The molecule has 0 saturated heterocycles. The minimum Gasteiger partial charge on any atom is -0.493 e. The van der Waals surface area contributed by atoms with Crippen molar-refractivity contribution in [3.63, 3.8) is 0 Å². The molecular weight excluding hydrogens is 562 g/mol. The zero-order valence-electron chi connectivity index (χ0n) is 21.5. The Balaban J connectivity index is 1.97. The topological polar surface area (TPSA) is 95.5 Å². The quantitative estimate of drug-likeness (QED) is 0.370. The Bertz CT molecular complexity index is 1550. The Morgan fingerprint density at radius 2 is 2.00 bits per heavy atom. The van der Waals surface area contributed by atoms with Crippen LogP contribution in [0, 0.1) is 0 Å². The van der Waals surface area contributed by atoms with E-state index in [4.69, 9.17) is 18.6 Å². The fourth-order valence-corrected chi connectivity index (χ4v) is 5.63. The summed E-state index contributed by atoms with van der Waals surface area (Å²) in [4.78, 5) is 33.9. The molecule has 0 saturated carbocycles. The molecule has 3 aromatic rings. The molecule has 9 nitrogen and oxygen atoms in total. The lowest BCUT2D eigenvalue weighted by atomic mass is 9.95. The number of thiazole rings is 1. The minimum atomic E-state index is -0.801. The van der Waals surface area contributed by atoms with Crippen LogP contribution in [0.5, 0.6) is 11.5 Å². The maximum atomic E-state index is 13.8. The minimum absolute atomic E-state index is 0.188. The summed E-state index contributed by atoms with van der Waals surface area (Å²) >= 11 is 4.85. The lowest BCUT2D eigenvalue weighted by molar-refractivity contribution is -0.139. The van der Waals surface area contributed by atoms with E-state index in [-0.39, 0.29) is 17.7 Å². The van der Waals surface area contributed by atoms with Gasteiger partial charge < -0.3 is 23.5 Å². The second-order valence-corrected chi connectivity index (χ2v) is 10.2. The number of furan rings is 1. The van der Waals surface area contributed by atoms with E-state index in [0.717, 1.165) is 0 Å². The molecular formula is C26H28BrN3O6S. The van der Waals surface area contributed by atoms with Crippen molar-refractivity contribution < 1.29 is 23.4 Å². The molecule has 11 heteroatoms. The zero-order chi connectivity index (χ0) is 26.9. The SMILES string of the molecule is CCOC(=O)C1=C(C)N=c2s/c(=C/c3ccc(N(C)C)o3)c(=O)n2[C@@H]1c1cc(OC)c(OCC)cc1Br. The number of fused-ring (bicyclic) bond motifs is 1. The van der Waals surface area contributed by atoms with Gasteiger partial charge in [-0.05, 0) is 44.5 Å². The van der Waals surface area contributed by atoms with Gasteiger partial charge in [0.25, 0.3) is 5.56 Å². The number of methoxy groups -OCH3 is 1. The average Bonchev–Trinajstić information content (AvgIpc) is 3.44. The lowest BCUT2D eigenvalue weighted by Crippen LogP contribution is -2.40. The number of esters is 1. The number of hydrogen-bond donors (Lipinski definition) is 0. The van der Waals surface area contributed by atoms with Crippen molar-refractivity contribution in [2.24, 2.45) is 4.99 Å². The molecule has 37 heavy (non-hydrogen) atoms. The Morgan fingerprint density at radius 3 is 2.62 bits per heavy atom. The third-order valence-corrected chi connectivity index (χ3v) is 7.39.